The van der Waals surface area contributed by atoms with Crippen LogP contribution in [0.4, 0.5) is 26.3 Å². The molecular formula is C27H29F6N3O4. The van der Waals surface area contributed by atoms with Gasteiger partial charge in [0.1, 0.15) is 17.1 Å². The van der Waals surface area contributed by atoms with E-state index in [4.69, 9.17) is 4.74 Å². The number of aromatic nitrogens is 1. The third-order valence-electron chi connectivity index (χ3n) is 7.61. The lowest BCUT2D eigenvalue weighted by molar-refractivity contribution is -0.287. The van der Waals surface area contributed by atoms with Crippen molar-refractivity contribution in [2.45, 2.75) is 50.2 Å². The number of amides is 1. The summed E-state index contributed by atoms with van der Waals surface area (Å²) in [5.74, 6) is -7.00. The lowest BCUT2D eigenvalue weighted by Gasteiger charge is -2.34. The minimum atomic E-state index is -5.57. The molecule has 0 bridgehead atoms. The van der Waals surface area contributed by atoms with Gasteiger partial charge in [0.05, 0.1) is 30.6 Å². The normalized spacial score (nSPS) is 21.0. The molecule has 218 valence electrons. The van der Waals surface area contributed by atoms with Gasteiger partial charge in [-0.15, -0.1) is 0 Å². The largest absolute Gasteiger partial charge is 0.492 e. The summed E-state index contributed by atoms with van der Waals surface area (Å²) in [7, 11) is 0. The Kier molecular flexibility index (Phi) is 8.34. The van der Waals surface area contributed by atoms with E-state index < -0.39 is 41.9 Å². The number of likely N-dealkylation sites (tertiary alicyclic amines) is 2. The van der Waals surface area contributed by atoms with E-state index >= 15 is 0 Å². The van der Waals surface area contributed by atoms with Crippen LogP contribution < -0.4 is 4.74 Å². The average Bonchev–Trinajstić information content (AvgIpc) is 3.30. The van der Waals surface area contributed by atoms with Gasteiger partial charge in [-0.05, 0) is 75.9 Å². The number of nitrogens with zero attached hydrogens (tertiary/aromatic N) is 3. The molecule has 1 aromatic carbocycles. The molecule has 1 N–H and O–H groups in total. The summed E-state index contributed by atoms with van der Waals surface area (Å²) < 4.78 is 84.5. The summed E-state index contributed by atoms with van der Waals surface area (Å²) in [6.45, 7) is 0.761. The van der Waals surface area contributed by atoms with Crippen molar-refractivity contribution in [2.24, 2.45) is 5.92 Å². The fourth-order valence-electron chi connectivity index (χ4n) is 5.04. The van der Waals surface area contributed by atoms with Gasteiger partial charge >= 0.3 is 18.1 Å². The first-order valence-electron chi connectivity index (χ1n) is 12.8. The van der Waals surface area contributed by atoms with Crippen molar-refractivity contribution < 1.29 is 45.8 Å². The maximum absolute atomic E-state index is 14.9. The van der Waals surface area contributed by atoms with E-state index in [2.05, 4.69) is 4.98 Å². The van der Waals surface area contributed by atoms with Crippen molar-refractivity contribution in [3.05, 3.63) is 47.9 Å². The van der Waals surface area contributed by atoms with Gasteiger partial charge < -0.3 is 14.7 Å². The summed E-state index contributed by atoms with van der Waals surface area (Å²) in [6.07, 6.45) is -2.54. The molecule has 2 aliphatic rings. The van der Waals surface area contributed by atoms with Gasteiger partial charge in [0.15, 0.2) is 0 Å². The highest BCUT2D eigenvalue weighted by Gasteiger charge is 2.58. The minimum absolute atomic E-state index is 0.0202. The van der Waals surface area contributed by atoms with Crippen LogP contribution in [0.2, 0.25) is 0 Å². The zero-order chi connectivity index (χ0) is 29.3. The predicted molar refractivity (Wildman–Crippen MR) is 132 cm³/mol. The van der Waals surface area contributed by atoms with Crippen molar-refractivity contribution in [1.29, 1.82) is 0 Å². The van der Waals surface area contributed by atoms with Crippen LogP contribution in [0, 0.1) is 11.7 Å². The minimum Gasteiger partial charge on any atom is -0.492 e. The fraction of sp³-hybridized carbons (Fsp3) is 0.519. The lowest BCUT2D eigenvalue weighted by Crippen LogP contribution is -2.50. The zero-order valence-electron chi connectivity index (χ0n) is 21.7. The maximum Gasteiger partial charge on any atom is 0.454 e. The molecule has 2 aliphatic heterocycles. The van der Waals surface area contributed by atoms with E-state index in [9.17, 15) is 41.0 Å². The van der Waals surface area contributed by atoms with Crippen LogP contribution in [-0.2, 0) is 4.79 Å². The first kappa shape index (κ1) is 29.6. The molecule has 13 heteroatoms. The van der Waals surface area contributed by atoms with Crippen molar-refractivity contribution >= 4 is 11.9 Å². The molecule has 4 rings (SSSR count). The number of hydrogen-bond donors (Lipinski definition) is 1. The summed E-state index contributed by atoms with van der Waals surface area (Å²) in [5.41, 5.74) is -0.823. The molecular weight excluding hydrogens is 544 g/mol. The molecule has 2 fully saturated rings. The third-order valence-corrected chi connectivity index (χ3v) is 7.61. The highest BCUT2D eigenvalue weighted by molar-refractivity contribution is 5.98. The topological polar surface area (TPSA) is 83.0 Å². The number of benzene rings is 1. The molecule has 0 saturated carbocycles. The first-order chi connectivity index (χ1) is 18.7. The SMILES string of the molecule is C[C@@]1(C(=O)O)CCCN1C(=O)c1ccc(-c2ccc(OCC3CCN(CC(F)(F)C(F)(F)F)CC3)cn2)cc1F. The number of rotatable bonds is 8. The highest BCUT2D eigenvalue weighted by Crippen LogP contribution is 2.37. The molecule has 3 heterocycles. The lowest BCUT2D eigenvalue weighted by atomic mass is 9.97. The van der Waals surface area contributed by atoms with E-state index in [1.807, 2.05) is 0 Å². The predicted octanol–water partition coefficient (Wildman–Crippen LogP) is 5.26. The molecule has 0 unspecified atom stereocenters. The standard InChI is InChI=1S/C27H29F6N3O4/c1-25(24(38)39)9-2-10-36(25)23(37)20-5-3-18(13-21(20)28)22-6-4-19(14-34-22)40-15-17-7-11-35(12-8-17)16-26(29,30)27(31,32)33/h3-6,13-14,17H,2,7-12,15-16H2,1H3,(H,38,39)/t25-/m0/s1. The number of halogens is 6. The van der Waals surface area contributed by atoms with E-state index in [1.165, 1.54) is 30.2 Å². The zero-order valence-corrected chi connectivity index (χ0v) is 21.7. The number of carbonyl (C=O) groups is 2. The molecule has 2 aromatic rings. The third kappa shape index (κ3) is 6.18. The summed E-state index contributed by atoms with van der Waals surface area (Å²) >= 11 is 0. The maximum atomic E-state index is 14.9. The van der Waals surface area contributed by atoms with E-state index in [0.29, 0.717) is 36.3 Å². The Labute approximate surface area is 226 Å². The molecule has 7 nitrogen and oxygen atoms in total. The Morgan fingerprint density at radius 3 is 2.38 bits per heavy atom. The molecule has 2 saturated heterocycles. The van der Waals surface area contributed by atoms with Crippen LogP contribution in [0.3, 0.4) is 0 Å². The number of hydrogen-bond acceptors (Lipinski definition) is 5. The van der Waals surface area contributed by atoms with Gasteiger partial charge in [0.25, 0.3) is 5.91 Å². The van der Waals surface area contributed by atoms with Crippen LogP contribution >= 0.6 is 0 Å². The number of carbonyl (C=O) groups excluding carboxylic acids is 1. The molecule has 1 atom stereocenters. The van der Waals surface area contributed by atoms with Crippen LogP contribution in [0.25, 0.3) is 11.3 Å². The van der Waals surface area contributed by atoms with Crippen molar-refractivity contribution in [2.75, 3.05) is 32.8 Å². The Morgan fingerprint density at radius 1 is 1.10 bits per heavy atom. The smallest absolute Gasteiger partial charge is 0.454 e. The van der Waals surface area contributed by atoms with Crippen LogP contribution in [0.15, 0.2) is 36.5 Å². The van der Waals surface area contributed by atoms with Crippen molar-refractivity contribution in [3.63, 3.8) is 0 Å². The number of pyridine rings is 1. The van der Waals surface area contributed by atoms with Crippen LogP contribution in [0.1, 0.15) is 43.0 Å². The Balaban J connectivity index is 1.31. The van der Waals surface area contributed by atoms with Crippen LogP contribution in [0.5, 0.6) is 5.75 Å². The van der Waals surface area contributed by atoms with Gasteiger partial charge in [0.2, 0.25) is 0 Å². The number of carboxylic acid groups (broad SMARTS) is 1. The molecule has 0 radical (unpaired) electrons. The molecule has 1 aromatic heterocycles. The Hall–Kier alpha value is -3.35. The van der Waals surface area contributed by atoms with E-state index in [-0.39, 0.29) is 44.1 Å². The quantitative estimate of drug-likeness (QED) is 0.435. The number of carboxylic acids is 1. The molecule has 0 spiro atoms. The molecule has 1 amide bonds. The summed E-state index contributed by atoms with van der Waals surface area (Å²) in [4.78, 5) is 31.1. The van der Waals surface area contributed by atoms with Crippen LogP contribution in [-0.4, -0.2) is 82.2 Å². The van der Waals surface area contributed by atoms with E-state index in [1.54, 1.807) is 12.1 Å². The van der Waals surface area contributed by atoms with Crippen molar-refractivity contribution in [1.82, 2.24) is 14.8 Å². The fourth-order valence-corrected chi connectivity index (χ4v) is 5.04. The highest BCUT2D eigenvalue weighted by atomic mass is 19.4. The first-order valence-corrected chi connectivity index (χ1v) is 12.8. The molecule has 40 heavy (non-hydrogen) atoms. The summed E-state index contributed by atoms with van der Waals surface area (Å²) in [5, 5.41) is 9.54. The van der Waals surface area contributed by atoms with Gasteiger partial charge in [-0.3, -0.25) is 14.7 Å². The van der Waals surface area contributed by atoms with Crippen molar-refractivity contribution in [3.8, 4) is 17.0 Å². The average molecular weight is 574 g/mol. The number of aliphatic carboxylic acids is 1. The monoisotopic (exact) mass is 573 g/mol. The van der Waals surface area contributed by atoms with E-state index in [0.717, 1.165) is 11.0 Å². The number of alkyl halides is 5. The van der Waals surface area contributed by atoms with Gasteiger partial charge in [-0.1, -0.05) is 6.07 Å². The molecule has 0 aliphatic carbocycles. The van der Waals surface area contributed by atoms with Gasteiger partial charge in [-0.25, -0.2) is 9.18 Å². The number of ether oxygens (including phenoxy) is 1. The Bertz CT molecular complexity index is 1230. The second kappa shape index (κ2) is 11.3. The Morgan fingerprint density at radius 2 is 1.80 bits per heavy atom. The second-order valence-corrected chi connectivity index (χ2v) is 10.4. The number of piperidine rings is 1. The summed E-state index contributed by atoms with van der Waals surface area (Å²) in [6, 6.07) is 7.18. The van der Waals surface area contributed by atoms with Gasteiger partial charge in [-0.2, -0.15) is 22.0 Å². The van der Waals surface area contributed by atoms with Gasteiger partial charge in [0, 0.05) is 12.1 Å². The second-order valence-electron chi connectivity index (χ2n) is 10.4.